The average Bonchev–Trinajstić information content (AvgIpc) is 3.13. The Hall–Kier alpha value is -2.15. The van der Waals surface area contributed by atoms with Crippen molar-refractivity contribution in [3.05, 3.63) is 53.6 Å². The van der Waals surface area contributed by atoms with Gasteiger partial charge < -0.3 is 23.7 Å². The highest BCUT2D eigenvalue weighted by Crippen LogP contribution is 2.27. The molecule has 0 bridgehead atoms. The number of benzene rings is 1. The van der Waals surface area contributed by atoms with Crippen LogP contribution in [0.15, 0.2) is 41.0 Å². The van der Waals surface area contributed by atoms with Crippen LogP contribution in [0.25, 0.3) is 11.5 Å². The van der Waals surface area contributed by atoms with Gasteiger partial charge in [-0.3, -0.25) is 0 Å². The Bertz CT molecular complexity index is 846. The molecule has 0 amide bonds. The lowest BCUT2D eigenvalue weighted by atomic mass is 9.95. The minimum Gasteiger partial charge on any atom is -0.510 e. The van der Waals surface area contributed by atoms with E-state index >= 15 is 0 Å². The highest BCUT2D eigenvalue weighted by molar-refractivity contribution is 5.54. The summed E-state index contributed by atoms with van der Waals surface area (Å²) in [4.78, 5) is 4.66. The fourth-order valence-electron chi connectivity index (χ4n) is 3.79. The van der Waals surface area contributed by atoms with Gasteiger partial charge in [-0.2, -0.15) is 0 Å². The van der Waals surface area contributed by atoms with Gasteiger partial charge in [-0.25, -0.2) is 4.98 Å². The second-order valence-corrected chi connectivity index (χ2v) is 8.30. The van der Waals surface area contributed by atoms with E-state index in [4.69, 9.17) is 18.6 Å². The van der Waals surface area contributed by atoms with Crippen molar-refractivity contribution in [2.75, 3.05) is 13.2 Å². The fourth-order valence-corrected chi connectivity index (χ4v) is 3.79. The van der Waals surface area contributed by atoms with E-state index in [1.807, 2.05) is 26.0 Å². The molecule has 6 nitrogen and oxygen atoms in total. The molecule has 0 saturated heterocycles. The van der Waals surface area contributed by atoms with Gasteiger partial charge in [0.25, 0.3) is 0 Å². The van der Waals surface area contributed by atoms with Crippen molar-refractivity contribution in [2.45, 2.75) is 77.8 Å². The van der Waals surface area contributed by atoms with Crippen LogP contribution in [0.2, 0.25) is 0 Å². The molecule has 1 aliphatic carbocycles. The molecule has 0 aliphatic heterocycles. The molecule has 6 heteroatoms. The summed E-state index contributed by atoms with van der Waals surface area (Å²) < 4.78 is 23.7. The maximum absolute atomic E-state index is 9.72. The van der Waals surface area contributed by atoms with Crippen molar-refractivity contribution in [1.82, 2.24) is 4.98 Å². The largest absolute Gasteiger partial charge is 0.510 e. The molecule has 1 N–H and O–H groups in total. The Morgan fingerprint density at radius 3 is 2.74 bits per heavy atom. The van der Waals surface area contributed by atoms with Crippen LogP contribution in [0.1, 0.15) is 56.0 Å². The molecule has 3 atom stereocenters. The van der Waals surface area contributed by atoms with Gasteiger partial charge in [0.15, 0.2) is 0 Å². The number of aliphatic hydroxyl groups is 1. The highest BCUT2D eigenvalue weighted by Gasteiger charge is 2.25. The van der Waals surface area contributed by atoms with Gasteiger partial charge in [-0.1, -0.05) is 31.2 Å². The lowest BCUT2D eigenvalue weighted by Gasteiger charge is -2.30. The number of ether oxygens (including phenoxy) is 3. The summed E-state index contributed by atoms with van der Waals surface area (Å²) in [6.07, 6.45) is 4.47. The van der Waals surface area contributed by atoms with Crippen LogP contribution in [-0.4, -0.2) is 41.6 Å². The minimum atomic E-state index is -0.473. The van der Waals surface area contributed by atoms with Crippen molar-refractivity contribution >= 4 is 0 Å². The van der Waals surface area contributed by atoms with Crippen LogP contribution in [0.5, 0.6) is 0 Å². The normalized spacial score (nSPS) is 20.0. The Morgan fingerprint density at radius 2 is 2.03 bits per heavy atom. The lowest BCUT2D eigenvalue weighted by Crippen LogP contribution is -2.32. The number of aliphatic hydroxyl groups excluding tert-OH is 1. The van der Waals surface area contributed by atoms with Gasteiger partial charge in [0.2, 0.25) is 5.89 Å². The van der Waals surface area contributed by atoms with Crippen molar-refractivity contribution in [1.29, 1.82) is 0 Å². The zero-order valence-electron chi connectivity index (χ0n) is 18.9. The van der Waals surface area contributed by atoms with Gasteiger partial charge in [0.05, 0.1) is 25.4 Å². The quantitative estimate of drug-likeness (QED) is 0.464. The SMILES string of the molecule is C=C(O)[C@H](CO[C@@H]1CCC[C@H](OCc2nc(-c3cccc(C)c3)oc2C)C1)OCCC. The highest BCUT2D eigenvalue weighted by atomic mass is 16.5. The predicted molar refractivity (Wildman–Crippen MR) is 120 cm³/mol. The lowest BCUT2D eigenvalue weighted by molar-refractivity contribution is -0.0813. The van der Waals surface area contributed by atoms with Crippen LogP contribution < -0.4 is 0 Å². The Balaban J connectivity index is 1.50. The molecule has 1 aromatic carbocycles. The van der Waals surface area contributed by atoms with Crippen LogP contribution >= 0.6 is 0 Å². The van der Waals surface area contributed by atoms with E-state index in [9.17, 15) is 5.11 Å². The van der Waals surface area contributed by atoms with E-state index in [0.717, 1.165) is 49.1 Å². The summed E-state index contributed by atoms with van der Waals surface area (Å²) in [5, 5.41) is 9.72. The molecule has 170 valence electrons. The molecule has 1 aliphatic rings. The Kier molecular flexibility index (Phi) is 8.69. The number of aromatic nitrogens is 1. The molecular weight excluding hydrogens is 394 g/mol. The minimum absolute atomic E-state index is 0.0166. The first kappa shape index (κ1) is 23.5. The molecule has 1 fully saturated rings. The Morgan fingerprint density at radius 1 is 1.26 bits per heavy atom. The number of nitrogens with zero attached hydrogens (tertiary/aromatic N) is 1. The van der Waals surface area contributed by atoms with E-state index in [1.165, 1.54) is 5.56 Å². The molecule has 0 radical (unpaired) electrons. The predicted octanol–water partition coefficient (Wildman–Crippen LogP) is 5.67. The molecule has 31 heavy (non-hydrogen) atoms. The zero-order valence-corrected chi connectivity index (χ0v) is 18.9. The number of hydrogen-bond donors (Lipinski definition) is 1. The summed E-state index contributed by atoms with van der Waals surface area (Å²) in [6, 6.07) is 8.13. The topological polar surface area (TPSA) is 74.0 Å². The van der Waals surface area contributed by atoms with Crippen LogP contribution in [0.3, 0.4) is 0 Å². The van der Waals surface area contributed by atoms with Crippen molar-refractivity contribution < 1.29 is 23.7 Å². The number of aryl methyl sites for hydroxylation is 2. The monoisotopic (exact) mass is 429 g/mol. The number of oxazole rings is 1. The Labute approximate surface area is 185 Å². The number of hydrogen-bond acceptors (Lipinski definition) is 6. The molecule has 1 saturated carbocycles. The maximum Gasteiger partial charge on any atom is 0.226 e. The summed E-state index contributed by atoms with van der Waals surface area (Å²) in [5.41, 5.74) is 2.99. The zero-order chi connectivity index (χ0) is 22.2. The molecule has 2 aromatic rings. The standard InChI is InChI=1S/C25H35NO5/c1-5-12-28-24(18(3)27)16-30-22-11-7-10-21(14-22)29-15-23-19(4)31-25(26-23)20-9-6-8-17(2)13-20/h6,8-9,13,21-22,24,27H,3,5,7,10-12,14-16H2,1-2,4H3/t21-,22+,24-/m0/s1. The van der Waals surface area contributed by atoms with E-state index < -0.39 is 6.10 Å². The molecule has 0 spiro atoms. The van der Waals surface area contributed by atoms with Gasteiger partial charge >= 0.3 is 0 Å². The van der Waals surface area contributed by atoms with Crippen molar-refractivity contribution in [2.24, 2.45) is 0 Å². The molecule has 1 heterocycles. The van der Waals surface area contributed by atoms with Crippen LogP contribution in [0, 0.1) is 13.8 Å². The van der Waals surface area contributed by atoms with Gasteiger partial charge in [0, 0.05) is 12.2 Å². The second-order valence-electron chi connectivity index (χ2n) is 8.30. The summed E-state index contributed by atoms with van der Waals surface area (Å²) in [7, 11) is 0. The van der Waals surface area contributed by atoms with Crippen molar-refractivity contribution in [3.8, 4) is 11.5 Å². The summed E-state index contributed by atoms with van der Waals surface area (Å²) >= 11 is 0. The first-order valence-electron chi connectivity index (χ1n) is 11.2. The maximum atomic E-state index is 9.72. The molecular formula is C25H35NO5. The molecule has 0 unspecified atom stereocenters. The summed E-state index contributed by atoms with van der Waals surface area (Å²) in [6.45, 7) is 10.9. The third-order valence-electron chi connectivity index (χ3n) is 5.57. The van der Waals surface area contributed by atoms with E-state index in [0.29, 0.717) is 25.7 Å². The fraction of sp³-hybridized carbons (Fsp3) is 0.560. The first-order chi connectivity index (χ1) is 15.0. The smallest absolute Gasteiger partial charge is 0.226 e. The average molecular weight is 430 g/mol. The van der Waals surface area contributed by atoms with E-state index in [2.05, 4.69) is 30.6 Å². The van der Waals surface area contributed by atoms with Gasteiger partial charge in [-0.05, 0) is 58.1 Å². The summed E-state index contributed by atoms with van der Waals surface area (Å²) in [5.74, 6) is 1.44. The molecule has 1 aromatic heterocycles. The molecule has 3 rings (SSSR count). The third-order valence-corrected chi connectivity index (χ3v) is 5.57. The first-order valence-corrected chi connectivity index (χ1v) is 11.2. The second kappa shape index (κ2) is 11.5. The van der Waals surface area contributed by atoms with Crippen LogP contribution in [0.4, 0.5) is 0 Å². The van der Waals surface area contributed by atoms with E-state index in [-0.39, 0.29) is 18.0 Å². The van der Waals surface area contributed by atoms with Crippen molar-refractivity contribution in [3.63, 3.8) is 0 Å². The van der Waals surface area contributed by atoms with Crippen LogP contribution in [-0.2, 0) is 20.8 Å². The van der Waals surface area contributed by atoms with Gasteiger partial charge in [0.1, 0.15) is 23.3 Å². The third kappa shape index (κ3) is 6.92. The van der Waals surface area contributed by atoms with Gasteiger partial charge in [-0.15, -0.1) is 0 Å². The number of rotatable bonds is 11. The van der Waals surface area contributed by atoms with E-state index in [1.54, 1.807) is 0 Å².